The van der Waals surface area contributed by atoms with Gasteiger partial charge in [-0.15, -0.1) is 0 Å². The number of rotatable bonds is 6. The molecule has 1 aliphatic heterocycles. The molecule has 1 fully saturated rings. The van der Waals surface area contributed by atoms with E-state index in [-0.39, 0.29) is 12.3 Å². The van der Waals surface area contributed by atoms with E-state index in [0.717, 1.165) is 55.0 Å². The number of carbonyl (C=O) groups excluding carboxylic acids is 1. The minimum atomic E-state index is -0.0869. The molecule has 1 saturated heterocycles. The molecule has 1 aliphatic rings. The van der Waals surface area contributed by atoms with Gasteiger partial charge < -0.3 is 4.90 Å². The second-order valence-electron chi connectivity index (χ2n) is 7.93. The van der Waals surface area contributed by atoms with Gasteiger partial charge in [0.05, 0.1) is 24.6 Å². The minimum Gasteiger partial charge on any atom is -0.304 e. The lowest BCUT2D eigenvalue weighted by molar-refractivity contribution is -0.167. The molecule has 0 unspecified atom stereocenters. The number of hydrogen-bond donors (Lipinski definition) is 0. The highest BCUT2D eigenvalue weighted by molar-refractivity contribution is 5.82. The van der Waals surface area contributed by atoms with Crippen LogP contribution in [0.4, 0.5) is 0 Å². The Kier molecular flexibility index (Phi) is 6.13. The second-order valence-corrected chi connectivity index (χ2v) is 7.93. The standard InChI is InChI=1S/C23H29N5O2/c1-25-10-12-27(13-11-25)16-18-4-7-20(8-5-18)28-17-24-21-9-6-19(14-22(21)28)15-23(29)26(2)30-3/h4-9,14,17H,10-13,15-16H2,1-3H3. The van der Waals surface area contributed by atoms with Crippen molar-refractivity contribution in [3.63, 3.8) is 0 Å². The van der Waals surface area contributed by atoms with E-state index in [1.54, 1.807) is 7.05 Å². The highest BCUT2D eigenvalue weighted by Crippen LogP contribution is 2.21. The lowest BCUT2D eigenvalue weighted by Gasteiger charge is -2.32. The fourth-order valence-electron chi connectivity index (χ4n) is 3.78. The fraction of sp³-hybridized carbons (Fsp3) is 0.391. The van der Waals surface area contributed by atoms with E-state index in [1.165, 1.54) is 17.7 Å². The van der Waals surface area contributed by atoms with E-state index < -0.39 is 0 Å². The zero-order chi connectivity index (χ0) is 21.1. The number of imidazole rings is 1. The summed E-state index contributed by atoms with van der Waals surface area (Å²) >= 11 is 0. The summed E-state index contributed by atoms with van der Waals surface area (Å²) in [5.74, 6) is -0.0869. The van der Waals surface area contributed by atoms with Crippen molar-refractivity contribution in [2.45, 2.75) is 13.0 Å². The third kappa shape index (κ3) is 4.53. The lowest BCUT2D eigenvalue weighted by Crippen LogP contribution is -2.43. The van der Waals surface area contributed by atoms with Gasteiger partial charge in [0.2, 0.25) is 5.91 Å². The lowest BCUT2D eigenvalue weighted by atomic mass is 10.1. The first kappa shape index (κ1) is 20.5. The van der Waals surface area contributed by atoms with Crippen LogP contribution in [0.2, 0.25) is 0 Å². The minimum absolute atomic E-state index is 0.0869. The highest BCUT2D eigenvalue weighted by Gasteiger charge is 2.14. The monoisotopic (exact) mass is 407 g/mol. The van der Waals surface area contributed by atoms with Crippen LogP contribution in [-0.4, -0.2) is 77.7 Å². The molecular formula is C23H29N5O2. The Labute approximate surface area is 177 Å². The van der Waals surface area contributed by atoms with E-state index in [9.17, 15) is 4.79 Å². The third-order valence-electron chi connectivity index (χ3n) is 5.81. The summed E-state index contributed by atoms with van der Waals surface area (Å²) in [6.07, 6.45) is 2.13. The Balaban J connectivity index is 1.51. The largest absolute Gasteiger partial charge is 0.304 e. The normalized spacial score (nSPS) is 15.6. The zero-order valence-electron chi connectivity index (χ0n) is 17.9. The van der Waals surface area contributed by atoms with Crippen LogP contribution in [0.25, 0.3) is 16.7 Å². The van der Waals surface area contributed by atoms with Crippen molar-refractivity contribution in [2.24, 2.45) is 0 Å². The number of hydrogen-bond acceptors (Lipinski definition) is 5. The van der Waals surface area contributed by atoms with Crippen LogP contribution < -0.4 is 0 Å². The maximum absolute atomic E-state index is 12.2. The summed E-state index contributed by atoms with van der Waals surface area (Å²) in [4.78, 5) is 26.5. The molecule has 0 bridgehead atoms. The smallest absolute Gasteiger partial charge is 0.250 e. The molecule has 2 heterocycles. The number of nitrogens with zero attached hydrogens (tertiary/aromatic N) is 5. The van der Waals surface area contributed by atoms with Crippen LogP contribution in [0.15, 0.2) is 48.8 Å². The van der Waals surface area contributed by atoms with Crippen molar-refractivity contribution in [1.29, 1.82) is 0 Å². The molecule has 4 rings (SSSR count). The van der Waals surface area contributed by atoms with Crippen LogP contribution in [0, 0.1) is 0 Å². The van der Waals surface area contributed by atoms with Crippen LogP contribution in [-0.2, 0) is 22.6 Å². The number of likely N-dealkylation sites (N-methyl/N-ethyl adjacent to an activating group) is 2. The van der Waals surface area contributed by atoms with E-state index in [4.69, 9.17) is 4.84 Å². The molecule has 0 aliphatic carbocycles. The summed E-state index contributed by atoms with van der Waals surface area (Å²) in [6.45, 7) is 5.47. The molecule has 0 atom stereocenters. The van der Waals surface area contributed by atoms with Gasteiger partial charge in [-0.2, -0.15) is 0 Å². The first-order valence-electron chi connectivity index (χ1n) is 10.3. The van der Waals surface area contributed by atoms with Crippen molar-refractivity contribution in [2.75, 3.05) is 47.4 Å². The number of piperazine rings is 1. The van der Waals surface area contributed by atoms with Gasteiger partial charge in [0.25, 0.3) is 0 Å². The Hall–Kier alpha value is -2.74. The molecule has 1 amide bonds. The molecule has 1 aromatic heterocycles. The molecular weight excluding hydrogens is 378 g/mol. The van der Waals surface area contributed by atoms with Crippen molar-refractivity contribution >= 4 is 16.9 Å². The van der Waals surface area contributed by atoms with Gasteiger partial charge in [0.1, 0.15) is 6.33 Å². The van der Waals surface area contributed by atoms with Gasteiger partial charge in [-0.05, 0) is 42.4 Å². The van der Waals surface area contributed by atoms with Crippen LogP contribution in [0.5, 0.6) is 0 Å². The number of hydroxylamine groups is 2. The van der Waals surface area contributed by atoms with Gasteiger partial charge >= 0.3 is 0 Å². The number of benzene rings is 2. The highest BCUT2D eigenvalue weighted by atomic mass is 16.7. The predicted molar refractivity (Wildman–Crippen MR) is 117 cm³/mol. The Morgan fingerprint density at radius 1 is 1.07 bits per heavy atom. The molecule has 2 aromatic carbocycles. The summed E-state index contributed by atoms with van der Waals surface area (Å²) in [5, 5.41) is 1.25. The zero-order valence-corrected chi connectivity index (χ0v) is 17.9. The molecule has 0 radical (unpaired) electrons. The predicted octanol–water partition coefficient (Wildman–Crippen LogP) is 2.34. The van der Waals surface area contributed by atoms with E-state index in [0.29, 0.717) is 0 Å². The summed E-state index contributed by atoms with van der Waals surface area (Å²) in [6, 6.07) is 14.6. The quantitative estimate of drug-likeness (QED) is 0.587. The van der Waals surface area contributed by atoms with E-state index in [2.05, 4.69) is 50.7 Å². The third-order valence-corrected chi connectivity index (χ3v) is 5.81. The molecule has 0 spiro atoms. The molecule has 0 saturated carbocycles. The molecule has 3 aromatic rings. The van der Waals surface area contributed by atoms with E-state index in [1.807, 2.05) is 24.5 Å². The van der Waals surface area contributed by atoms with Crippen LogP contribution in [0.3, 0.4) is 0 Å². The Morgan fingerprint density at radius 3 is 2.47 bits per heavy atom. The van der Waals surface area contributed by atoms with Crippen molar-refractivity contribution in [3.05, 3.63) is 59.9 Å². The Bertz CT molecular complexity index is 1010. The average Bonchev–Trinajstić information content (AvgIpc) is 3.18. The molecule has 30 heavy (non-hydrogen) atoms. The summed E-state index contributed by atoms with van der Waals surface area (Å²) in [7, 11) is 5.29. The first-order chi connectivity index (χ1) is 14.5. The SMILES string of the molecule is CON(C)C(=O)Cc1ccc2ncn(-c3ccc(CN4CCN(C)CC4)cc3)c2c1. The maximum atomic E-state index is 12.2. The average molecular weight is 408 g/mol. The maximum Gasteiger partial charge on any atom is 0.250 e. The molecule has 158 valence electrons. The van der Waals surface area contributed by atoms with Gasteiger partial charge in [0.15, 0.2) is 0 Å². The molecule has 7 heteroatoms. The van der Waals surface area contributed by atoms with E-state index >= 15 is 0 Å². The number of carbonyl (C=O) groups is 1. The Morgan fingerprint density at radius 2 is 1.77 bits per heavy atom. The first-order valence-corrected chi connectivity index (χ1v) is 10.3. The number of aromatic nitrogens is 2. The fourth-order valence-corrected chi connectivity index (χ4v) is 3.78. The van der Waals surface area contributed by atoms with Gasteiger partial charge in [-0.1, -0.05) is 18.2 Å². The summed E-state index contributed by atoms with van der Waals surface area (Å²) in [5.41, 5.74) is 5.23. The van der Waals surface area contributed by atoms with Crippen LogP contribution in [0.1, 0.15) is 11.1 Å². The van der Waals surface area contributed by atoms with Crippen molar-refractivity contribution in [3.8, 4) is 5.69 Å². The topological polar surface area (TPSA) is 53.8 Å². The second kappa shape index (κ2) is 8.95. The number of fused-ring (bicyclic) bond motifs is 1. The van der Waals surface area contributed by atoms with Crippen molar-refractivity contribution in [1.82, 2.24) is 24.4 Å². The molecule has 0 N–H and O–H groups in total. The van der Waals surface area contributed by atoms with Crippen LogP contribution >= 0.6 is 0 Å². The van der Waals surface area contributed by atoms with Gasteiger partial charge in [-0.3, -0.25) is 19.1 Å². The van der Waals surface area contributed by atoms with Crippen molar-refractivity contribution < 1.29 is 9.63 Å². The number of amides is 1. The van der Waals surface area contributed by atoms with Gasteiger partial charge in [-0.25, -0.2) is 10.0 Å². The van der Waals surface area contributed by atoms with Gasteiger partial charge in [0, 0.05) is 45.5 Å². The molecule has 7 nitrogen and oxygen atoms in total. The summed E-state index contributed by atoms with van der Waals surface area (Å²) < 4.78 is 2.07.